The highest BCUT2D eigenvalue weighted by molar-refractivity contribution is 7.72. The average molecular weight is 238 g/mol. The van der Waals surface area contributed by atoms with Crippen LogP contribution in [-0.4, -0.2) is 23.5 Å². The molecule has 0 spiro atoms. The van der Waals surface area contributed by atoms with Crippen molar-refractivity contribution in [2.75, 3.05) is 12.8 Å². The lowest BCUT2D eigenvalue weighted by atomic mass is 10.1. The summed E-state index contributed by atoms with van der Waals surface area (Å²) in [6.07, 6.45) is 2.83. The third kappa shape index (κ3) is 1.97. The lowest BCUT2D eigenvalue weighted by Crippen LogP contribution is -2.23. The number of aliphatic hydroxyl groups is 1. The van der Waals surface area contributed by atoms with E-state index in [-0.39, 0.29) is 18.2 Å². The van der Waals surface area contributed by atoms with Crippen molar-refractivity contribution in [3.05, 3.63) is 30.3 Å². The normalized spacial score (nSPS) is 31.5. The first kappa shape index (κ1) is 11.9. The zero-order chi connectivity index (χ0) is 11.6. The molecule has 2 nitrogen and oxygen atoms in total. The minimum absolute atomic E-state index is 0.140. The average Bonchev–Trinajstić information content (AvgIpc) is 2.73. The molecule has 0 radical (unpaired) electrons. The minimum atomic E-state index is -2.27. The largest absolute Gasteiger partial charge is 0.396 e. The fraction of sp³-hybridized carbons (Fsp3) is 0.538. The van der Waals surface area contributed by atoms with Gasteiger partial charge in [0.1, 0.15) is 7.14 Å². The zero-order valence-corrected chi connectivity index (χ0v) is 10.6. The van der Waals surface area contributed by atoms with Crippen LogP contribution in [0.25, 0.3) is 0 Å². The summed E-state index contributed by atoms with van der Waals surface area (Å²) < 4.78 is 13.0. The molecular formula is C13H19O2P. The molecule has 1 aliphatic heterocycles. The molecule has 3 unspecified atom stereocenters. The number of hydrogen-bond donors (Lipinski definition) is 1. The molecule has 0 bridgehead atoms. The number of hydrogen-bond acceptors (Lipinski definition) is 2. The van der Waals surface area contributed by atoms with Crippen molar-refractivity contribution in [3.8, 4) is 0 Å². The smallest absolute Gasteiger partial charge is 0.118 e. The first-order valence-electron chi connectivity index (χ1n) is 5.93. The van der Waals surface area contributed by atoms with E-state index >= 15 is 0 Å². The third-order valence-corrected chi connectivity index (χ3v) is 7.66. The van der Waals surface area contributed by atoms with Crippen LogP contribution >= 0.6 is 7.14 Å². The van der Waals surface area contributed by atoms with Crippen LogP contribution in [-0.2, 0) is 4.57 Å². The van der Waals surface area contributed by atoms with E-state index in [2.05, 4.69) is 0 Å². The van der Waals surface area contributed by atoms with Crippen LogP contribution in [0.3, 0.4) is 0 Å². The summed E-state index contributed by atoms with van der Waals surface area (Å²) >= 11 is 0. The highest BCUT2D eigenvalue weighted by Crippen LogP contribution is 2.59. The molecule has 1 fully saturated rings. The Labute approximate surface area is 97.1 Å². The number of aliphatic hydroxyl groups excluding tert-OH is 1. The van der Waals surface area contributed by atoms with Gasteiger partial charge in [-0.2, -0.15) is 0 Å². The van der Waals surface area contributed by atoms with Gasteiger partial charge in [-0.1, -0.05) is 37.3 Å². The van der Waals surface area contributed by atoms with Crippen molar-refractivity contribution in [1.29, 1.82) is 0 Å². The molecule has 1 saturated heterocycles. The molecule has 1 aliphatic rings. The van der Waals surface area contributed by atoms with E-state index in [4.69, 9.17) is 0 Å². The topological polar surface area (TPSA) is 37.3 Å². The number of rotatable bonds is 3. The fourth-order valence-electron chi connectivity index (χ4n) is 2.73. The summed E-state index contributed by atoms with van der Waals surface area (Å²) in [6, 6.07) is 9.81. The summed E-state index contributed by atoms with van der Waals surface area (Å²) in [6.45, 7) is 2.15. The summed E-state index contributed by atoms with van der Waals surface area (Å²) in [5, 5.41) is 10.3. The molecule has 0 saturated carbocycles. The Hall–Kier alpha value is -0.590. The van der Waals surface area contributed by atoms with Crippen molar-refractivity contribution in [1.82, 2.24) is 0 Å². The third-order valence-electron chi connectivity index (χ3n) is 3.66. The van der Waals surface area contributed by atoms with E-state index in [9.17, 15) is 9.67 Å². The molecule has 1 N–H and O–H groups in total. The van der Waals surface area contributed by atoms with E-state index < -0.39 is 7.14 Å². The zero-order valence-electron chi connectivity index (χ0n) is 9.67. The van der Waals surface area contributed by atoms with Gasteiger partial charge in [-0.3, -0.25) is 0 Å². The van der Waals surface area contributed by atoms with Gasteiger partial charge in [-0.15, -0.1) is 0 Å². The fourth-order valence-corrected chi connectivity index (χ4v) is 6.55. The Bertz CT molecular complexity index is 388. The van der Waals surface area contributed by atoms with Crippen molar-refractivity contribution >= 4 is 12.4 Å². The Morgan fingerprint density at radius 1 is 1.44 bits per heavy atom. The van der Waals surface area contributed by atoms with Crippen molar-refractivity contribution in [2.45, 2.75) is 25.4 Å². The van der Waals surface area contributed by atoms with E-state index in [0.29, 0.717) is 0 Å². The molecule has 3 heteroatoms. The van der Waals surface area contributed by atoms with Gasteiger partial charge in [0.2, 0.25) is 0 Å². The lowest BCUT2D eigenvalue weighted by Gasteiger charge is -2.25. The summed E-state index contributed by atoms with van der Waals surface area (Å²) in [5.41, 5.74) is 0.180. The van der Waals surface area contributed by atoms with Crippen molar-refractivity contribution in [3.63, 3.8) is 0 Å². The predicted octanol–water partition coefficient (Wildman–Crippen LogP) is 2.47. The van der Waals surface area contributed by atoms with E-state index in [1.165, 1.54) is 0 Å². The molecule has 1 heterocycles. The van der Waals surface area contributed by atoms with Crippen LogP contribution in [0, 0.1) is 5.92 Å². The van der Waals surface area contributed by atoms with Gasteiger partial charge in [0.25, 0.3) is 0 Å². The quantitative estimate of drug-likeness (QED) is 0.821. The maximum atomic E-state index is 13.0. The molecule has 0 amide bonds. The highest BCUT2D eigenvalue weighted by atomic mass is 31.2. The van der Waals surface area contributed by atoms with Crippen LogP contribution in [0.4, 0.5) is 0 Å². The van der Waals surface area contributed by atoms with Crippen LogP contribution in [0.15, 0.2) is 30.3 Å². The van der Waals surface area contributed by atoms with Gasteiger partial charge in [-0.25, -0.2) is 0 Å². The van der Waals surface area contributed by atoms with Crippen LogP contribution in [0.5, 0.6) is 0 Å². The SMILES string of the molecule is CC(CO)C1CCCP1(=O)c1ccccc1. The van der Waals surface area contributed by atoms with E-state index in [1.54, 1.807) is 0 Å². The molecule has 1 aromatic carbocycles. The van der Waals surface area contributed by atoms with Gasteiger partial charge < -0.3 is 9.67 Å². The van der Waals surface area contributed by atoms with Gasteiger partial charge in [0, 0.05) is 23.7 Å². The number of benzene rings is 1. The lowest BCUT2D eigenvalue weighted by molar-refractivity contribution is 0.231. The predicted molar refractivity (Wildman–Crippen MR) is 67.8 cm³/mol. The van der Waals surface area contributed by atoms with Crippen LogP contribution in [0.2, 0.25) is 0 Å². The standard InChI is InChI=1S/C13H19O2P/c1-11(10-14)13-8-5-9-16(13,15)12-6-3-2-4-7-12/h2-4,6-7,11,13-14H,5,8-10H2,1H3. The molecule has 88 valence electrons. The maximum absolute atomic E-state index is 13.0. The van der Waals surface area contributed by atoms with Crippen molar-refractivity contribution in [2.24, 2.45) is 5.92 Å². The van der Waals surface area contributed by atoms with Crippen molar-refractivity contribution < 1.29 is 9.67 Å². The van der Waals surface area contributed by atoms with Crippen LogP contribution < -0.4 is 5.30 Å². The van der Waals surface area contributed by atoms with E-state index in [1.807, 2.05) is 37.3 Å². The minimum Gasteiger partial charge on any atom is -0.396 e. The maximum Gasteiger partial charge on any atom is 0.118 e. The molecule has 0 aliphatic carbocycles. The Morgan fingerprint density at radius 2 is 2.12 bits per heavy atom. The van der Waals surface area contributed by atoms with Gasteiger partial charge in [0.15, 0.2) is 0 Å². The van der Waals surface area contributed by atoms with Crippen LogP contribution in [0.1, 0.15) is 19.8 Å². The molecule has 2 rings (SSSR count). The second-order valence-corrected chi connectivity index (χ2v) is 7.94. The first-order valence-corrected chi connectivity index (χ1v) is 7.90. The molecule has 16 heavy (non-hydrogen) atoms. The molecule has 1 aromatic rings. The highest BCUT2D eigenvalue weighted by Gasteiger charge is 2.41. The van der Waals surface area contributed by atoms with Gasteiger partial charge in [0.05, 0.1) is 0 Å². The van der Waals surface area contributed by atoms with Gasteiger partial charge in [-0.05, 0) is 18.8 Å². The second-order valence-electron chi connectivity index (χ2n) is 4.72. The molecule has 3 atom stereocenters. The second kappa shape index (κ2) is 4.73. The Morgan fingerprint density at radius 3 is 2.75 bits per heavy atom. The summed E-state index contributed by atoms with van der Waals surface area (Å²) in [5.74, 6) is 0.147. The summed E-state index contributed by atoms with van der Waals surface area (Å²) in [4.78, 5) is 0. The monoisotopic (exact) mass is 238 g/mol. The Kier molecular flexibility index (Phi) is 3.51. The molecular weight excluding hydrogens is 219 g/mol. The van der Waals surface area contributed by atoms with E-state index in [0.717, 1.165) is 24.3 Å². The summed E-state index contributed by atoms with van der Waals surface area (Å²) in [7, 11) is -2.27. The van der Waals surface area contributed by atoms with Gasteiger partial charge >= 0.3 is 0 Å². The molecule has 0 aromatic heterocycles. The Balaban J connectivity index is 2.34. The first-order chi connectivity index (χ1) is 7.68.